The van der Waals surface area contributed by atoms with E-state index in [1.807, 2.05) is 0 Å². The molecule has 5 saturated carbocycles. The maximum Gasteiger partial charge on any atom is 0.106 e. The molecule has 0 atom stereocenters. The topological polar surface area (TPSA) is 35.8 Å². The maximum atomic E-state index is 9.64. The van der Waals surface area contributed by atoms with E-state index in [0.29, 0.717) is 5.41 Å². The van der Waals surface area contributed by atoms with Crippen molar-refractivity contribution in [1.82, 2.24) is 5.32 Å². The monoisotopic (exact) mass is 272 g/mol. The van der Waals surface area contributed by atoms with Crippen LogP contribution in [0.2, 0.25) is 0 Å². The van der Waals surface area contributed by atoms with Gasteiger partial charge in [-0.25, -0.2) is 0 Å². The molecular weight excluding hydrogens is 244 g/mol. The highest BCUT2D eigenvalue weighted by Crippen LogP contribution is 2.59. The first-order valence-corrected chi connectivity index (χ1v) is 8.87. The van der Waals surface area contributed by atoms with E-state index in [1.54, 1.807) is 0 Å². The molecule has 0 amide bonds. The molecule has 0 saturated heterocycles. The van der Waals surface area contributed by atoms with Gasteiger partial charge in [0.2, 0.25) is 0 Å². The van der Waals surface area contributed by atoms with Crippen LogP contribution in [0.4, 0.5) is 0 Å². The van der Waals surface area contributed by atoms with Crippen LogP contribution in [0.25, 0.3) is 0 Å². The van der Waals surface area contributed by atoms with Crippen molar-refractivity contribution in [3.63, 3.8) is 0 Å². The van der Waals surface area contributed by atoms with Crippen molar-refractivity contribution >= 4 is 0 Å². The zero-order valence-corrected chi connectivity index (χ0v) is 12.7. The van der Waals surface area contributed by atoms with E-state index in [-0.39, 0.29) is 5.54 Å². The first kappa shape index (κ1) is 13.1. The Morgan fingerprint density at radius 2 is 1.45 bits per heavy atom. The third kappa shape index (κ3) is 2.19. The molecule has 0 aliphatic heterocycles. The lowest BCUT2D eigenvalue weighted by atomic mass is 9.49. The maximum absolute atomic E-state index is 9.64. The highest BCUT2D eigenvalue weighted by Gasteiger charge is 2.51. The highest BCUT2D eigenvalue weighted by molar-refractivity contribution is 5.10. The Morgan fingerprint density at radius 3 is 1.95 bits per heavy atom. The van der Waals surface area contributed by atoms with Crippen LogP contribution in [0.15, 0.2) is 0 Å². The molecule has 5 aliphatic rings. The van der Waals surface area contributed by atoms with E-state index in [0.717, 1.165) is 37.1 Å². The fourth-order valence-electron chi connectivity index (χ4n) is 6.35. The van der Waals surface area contributed by atoms with Crippen molar-refractivity contribution in [3.8, 4) is 6.07 Å². The average molecular weight is 272 g/mol. The van der Waals surface area contributed by atoms with Crippen molar-refractivity contribution in [2.75, 3.05) is 6.54 Å². The summed E-state index contributed by atoms with van der Waals surface area (Å²) in [5.74, 6) is 3.06. The first-order chi connectivity index (χ1) is 9.71. The Morgan fingerprint density at radius 1 is 0.900 bits per heavy atom. The average Bonchev–Trinajstić information content (AvgIpc) is 2.45. The number of nitrogens with zero attached hydrogens (tertiary/aromatic N) is 1. The minimum atomic E-state index is -0.179. The predicted octanol–water partition coefficient (Wildman–Crippen LogP) is 4.02. The minimum Gasteiger partial charge on any atom is -0.299 e. The van der Waals surface area contributed by atoms with E-state index >= 15 is 0 Å². The summed E-state index contributed by atoms with van der Waals surface area (Å²) in [6.45, 7) is 1.13. The Hall–Kier alpha value is -0.550. The van der Waals surface area contributed by atoms with E-state index < -0.39 is 0 Å². The van der Waals surface area contributed by atoms with Crippen LogP contribution in [-0.2, 0) is 0 Å². The molecule has 5 fully saturated rings. The zero-order chi connectivity index (χ0) is 13.6. The molecule has 0 aromatic rings. The van der Waals surface area contributed by atoms with Gasteiger partial charge >= 0.3 is 0 Å². The molecule has 0 spiro atoms. The zero-order valence-electron chi connectivity index (χ0n) is 12.7. The molecule has 4 bridgehead atoms. The van der Waals surface area contributed by atoms with Crippen molar-refractivity contribution in [2.24, 2.45) is 23.2 Å². The van der Waals surface area contributed by atoms with Crippen LogP contribution in [-0.4, -0.2) is 12.1 Å². The van der Waals surface area contributed by atoms with Gasteiger partial charge in [-0.3, -0.25) is 5.32 Å². The largest absolute Gasteiger partial charge is 0.299 e. The molecule has 2 nitrogen and oxygen atoms in total. The third-order valence-corrected chi connectivity index (χ3v) is 6.89. The quantitative estimate of drug-likeness (QED) is 0.842. The van der Waals surface area contributed by atoms with E-state index in [9.17, 15) is 5.26 Å². The molecule has 0 radical (unpaired) electrons. The van der Waals surface area contributed by atoms with E-state index in [1.165, 1.54) is 57.8 Å². The van der Waals surface area contributed by atoms with E-state index in [4.69, 9.17) is 0 Å². The molecule has 2 heteroatoms. The summed E-state index contributed by atoms with van der Waals surface area (Å²) in [7, 11) is 0. The number of nitriles is 1. The summed E-state index contributed by atoms with van der Waals surface area (Å²) in [5.41, 5.74) is 0.387. The molecule has 0 unspecified atom stereocenters. The number of hydrogen-bond acceptors (Lipinski definition) is 2. The van der Waals surface area contributed by atoms with Gasteiger partial charge in [0.05, 0.1) is 6.07 Å². The molecule has 0 aromatic carbocycles. The van der Waals surface area contributed by atoms with Crippen molar-refractivity contribution in [1.29, 1.82) is 5.26 Å². The summed E-state index contributed by atoms with van der Waals surface area (Å²) in [6, 6.07) is 2.64. The summed E-state index contributed by atoms with van der Waals surface area (Å²) < 4.78 is 0. The van der Waals surface area contributed by atoms with Gasteiger partial charge in [-0.15, -0.1) is 0 Å². The van der Waals surface area contributed by atoms with Crippen LogP contribution in [0.1, 0.15) is 70.6 Å². The molecule has 0 aromatic heterocycles. The van der Waals surface area contributed by atoms with Gasteiger partial charge in [0.15, 0.2) is 0 Å². The summed E-state index contributed by atoms with van der Waals surface area (Å²) in [6.07, 6.45) is 14.9. The lowest BCUT2D eigenvalue weighted by molar-refractivity contribution is -0.0543. The van der Waals surface area contributed by atoms with Gasteiger partial charge in [-0.1, -0.05) is 19.3 Å². The van der Waals surface area contributed by atoms with Crippen LogP contribution >= 0.6 is 0 Å². The van der Waals surface area contributed by atoms with Crippen molar-refractivity contribution in [3.05, 3.63) is 0 Å². The first-order valence-electron chi connectivity index (χ1n) is 8.87. The molecule has 110 valence electrons. The minimum absolute atomic E-state index is 0.179. The molecule has 0 heterocycles. The standard InChI is InChI=1S/C18H28N2/c19-12-18(4-2-1-3-5-18)20-13-17-9-14-6-15(10-17)8-16(7-14)11-17/h14-16,20H,1-11,13H2. The summed E-state index contributed by atoms with van der Waals surface area (Å²) in [4.78, 5) is 0. The Bertz CT molecular complexity index is 378. The predicted molar refractivity (Wildman–Crippen MR) is 80.0 cm³/mol. The van der Waals surface area contributed by atoms with Crippen LogP contribution in [0, 0.1) is 34.5 Å². The molecule has 5 rings (SSSR count). The van der Waals surface area contributed by atoms with Gasteiger partial charge < -0.3 is 0 Å². The van der Waals surface area contributed by atoms with Gasteiger partial charge in [0.25, 0.3) is 0 Å². The smallest absolute Gasteiger partial charge is 0.106 e. The van der Waals surface area contributed by atoms with Crippen molar-refractivity contribution < 1.29 is 0 Å². The second kappa shape index (κ2) is 4.73. The molecule has 1 N–H and O–H groups in total. The number of hydrogen-bond donors (Lipinski definition) is 1. The molecular formula is C18H28N2. The van der Waals surface area contributed by atoms with E-state index in [2.05, 4.69) is 11.4 Å². The number of rotatable bonds is 3. The Balaban J connectivity index is 1.45. The van der Waals surface area contributed by atoms with Gasteiger partial charge in [-0.2, -0.15) is 5.26 Å². The summed E-state index contributed by atoms with van der Waals surface area (Å²) in [5, 5.41) is 13.4. The summed E-state index contributed by atoms with van der Waals surface area (Å²) >= 11 is 0. The Kier molecular flexibility index (Phi) is 3.11. The van der Waals surface area contributed by atoms with Crippen LogP contribution in [0.3, 0.4) is 0 Å². The lowest BCUT2D eigenvalue weighted by Gasteiger charge is -2.57. The van der Waals surface area contributed by atoms with Crippen LogP contribution < -0.4 is 5.32 Å². The Labute approximate surface area is 123 Å². The highest BCUT2D eigenvalue weighted by atomic mass is 15.0. The second-order valence-corrected chi connectivity index (χ2v) is 8.53. The second-order valence-electron chi connectivity index (χ2n) is 8.53. The van der Waals surface area contributed by atoms with Crippen molar-refractivity contribution in [2.45, 2.75) is 76.2 Å². The third-order valence-electron chi connectivity index (χ3n) is 6.89. The lowest BCUT2D eigenvalue weighted by Crippen LogP contribution is -2.55. The fraction of sp³-hybridized carbons (Fsp3) is 0.944. The normalized spacial score (nSPS) is 45.2. The molecule has 5 aliphatic carbocycles. The van der Waals surface area contributed by atoms with Gasteiger partial charge in [-0.05, 0) is 74.5 Å². The SMILES string of the molecule is N#CC1(NCC23CC4CC(CC(C4)C2)C3)CCCCC1. The van der Waals surface area contributed by atoms with Gasteiger partial charge in [0.1, 0.15) is 5.54 Å². The van der Waals surface area contributed by atoms with Crippen LogP contribution in [0.5, 0.6) is 0 Å². The number of nitrogens with one attached hydrogen (secondary N) is 1. The molecule has 20 heavy (non-hydrogen) atoms. The van der Waals surface area contributed by atoms with Gasteiger partial charge in [0, 0.05) is 6.54 Å². The fourth-order valence-corrected chi connectivity index (χ4v) is 6.35.